The summed E-state index contributed by atoms with van der Waals surface area (Å²) >= 11 is 0. The minimum absolute atomic E-state index is 0.261. The Morgan fingerprint density at radius 2 is 1.58 bits per heavy atom. The minimum atomic E-state index is -4.51. The molecule has 0 saturated carbocycles. The summed E-state index contributed by atoms with van der Waals surface area (Å²) in [6.07, 6.45) is -4.23. The van der Waals surface area contributed by atoms with Gasteiger partial charge in [-0.25, -0.2) is 4.39 Å². The number of aryl methyl sites for hydroxylation is 1. The van der Waals surface area contributed by atoms with Gasteiger partial charge in [0.15, 0.2) is 0 Å². The second kappa shape index (κ2) is 5.03. The van der Waals surface area contributed by atoms with E-state index in [0.717, 1.165) is 17.2 Å². The summed E-state index contributed by atoms with van der Waals surface area (Å²) < 4.78 is 50.9. The molecule has 0 N–H and O–H groups in total. The van der Waals surface area contributed by atoms with E-state index in [1.807, 2.05) is 31.2 Å². The van der Waals surface area contributed by atoms with Gasteiger partial charge in [0.2, 0.25) is 0 Å². The van der Waals surface area contributed by atoms with Crippen molar-refractivity contribution in [3.63, 3.8) is 0 Å². The Morgan fingerprint density at radius 3 is 2.11 bits per heavy atom. The summed E-state index contributed by atoms with van der Waals surface area (Å²) in [5.74, 6) is -0.824. The van der Waals surface area contributed by atoms with Crippen molar-refractivity contribution >= 4 is 0 Å². The number of benzene rings is 2. The van der Waals surface area contributed by atoms with Gasteiger partial charge >= 0.3 is 6.18 Å². The lowest BCUT2D eigenvalue weighted by molar-refractivity contribution is -0.137. The van der Waals surface area contributed by atoms with E-state index in [0.29, 0.717) is 6.07 Å². The van der Waals surface area contributed by atoms with Crippen molar-refractivity contribution in [3.8, 4) is 0 Å². The number of halogens is 4. The lowest BCUT2D eigenvalue weighted by Crippen LogP contribution is -2.06. The number of alkyl halides is 3. The molecule has 19 heavy (non-hydrogen) atoms. The molecule has 0 spiro atoms. The highest BCUT2D eigenvalue weighted by molar-refractivity contribution is 5.32. The summed E-state index contributed by atoms with van der Waals surface area (Å²) in [7, 11) is 0. The molecule has 0 aromatic heterocycles. The zero-order chi connectivity index (χ0) is 14.0. The maximum Gasteiger partial charge on any atom is 0.416 e. The number of hydrogen-bond donors (Lipinski definition) is 0. The zero-order valence-corrected chi connectivity index (χ0v) is 10.3. The molecule has 0 bridgehead atoms. The fourth-order valence-electron chi connectivity index (χ4n) is 1.79. The van der Waals surface area contributed by atoms with Crippen molar-refractivity contribution in [1.82, 2.24) is 0 Å². The van der Waals surface area contributed by atoms with Crippen LogP contribution in [0.5, 0.6) is 0 Å². The molecule has 2 aromatic rings. The average Bonchev–Trinajstić information content (AvgIpc) is 2.33. The molecule has 0 atom stereocenters. The highest BCUT2D eigenvalue weighted by Crippen LogP contribution is 2.30. The van der Waals surface area contributed by atoms with E-state index >= 15 is 0 Å². The molecule has 0 aliphatic rings. The Bertz CT molecular complexity index is 568. The van der Waals surface area contributed by atoms with Crippen molar-refractivity contribution in [3.05, 3.63) is 70.5 Å². The quantitative estimate of drug-likeness (QED) is 0.690. The van der Waals surface area contributed by atoms with Crippen LogP contribution in [0.1, 0.15) is 22.3 Å². The van der Waals surface area contributed by atoms with E-state index in [4.69, 9.17) is 0 Å². The first kappa shape index (κ1) is 13.6. The van der Waals surface area contributed by atoms with Gasteiger partial charge in [-0.15, -0.1) is 0 Å². The molecule has 2 aromatic carbocycles. The van der Waals surface area contributed by atoms with E-state index in [1.54, 1.807) is 0 Å². The molecule has 0 radical (unpaired) electrons. The van der Waals surface area contributed by atoms with Crippen molar-refractivity contribution in [2.45, 2.75) is 19.5 Å². The summed E-state index contributed by atoms with van der Waals surface area (Å²) in [5, 5.41) is 0. The van der Waals surface area contributed by atoms with Crippen LogP contribution in [0.15, 0.2) is 42.5 Å². The molecule has 0 nitrogen and oxygen atoms in total. The Balaban J connectivity index is 2.24. The van der Waals surface area contributed by atoms with E-state index in [-0.39, 0.29) is 12.0 Å². The Hall–Kier alpha value is -1.84. The fraction of sp³-hybridized carbons (Fsp3) is 0.200. The standard InChI is InChI=1S/C15H12F4/c1-10-2-4-11(5-3-10)8-12-6-7-13(9-14(12)16)15(17,18)19/h2-7,9H,8H2,1H3. The van der Waals surface area contributed by atoms with Crippen molar-refractivity contribution in [1.29, 1.82) is 0 Å². The van der Waals surface area contributed by atoms with Crippen LogP contribution in [0.3, 0.4) is 0 Å². The van der Waals surface area contributed by atoms with Crippen LogP contribution in [0.25, 0.3) is 0 Å². The zero-order valence-electron chi connectivity index (χ0n) is 10.3. The molecule has 100 valence electrons. The molecule has 0 heterocycles. The molecular weight excluding hydrogens is 256 g/mol. The highest BCUT2D eigenvalue weighted by atomic mass is 19.4. The van der Waals surface area contributed by atoms with E-state index in [9.17, 15) is 17.6 Å². The highest BCUT2D eigenvalue weighted by Gasteiger charge is 2.31. The first-order valence-corrected chi connectivity index (χ1v) is 5.77. The van der Waals surface area contributed by atoms with Crippen LogP contribution in [-0.4, -0.2) is 0 Å². The van der Waals surface area contributed by atoms with Gasteiger partial charge in [-0.3, -0.25) is 0 Å². The van der Waals surface area contributed by atoms with E-state index in [1.165, 1.54) is 6.07 Å². The summed E-state index contributed by atoms with van der Waals surface area (Å²) in [5.41, 5.74) is 1.25. The van der Waals surface area contributed by atoms with Gasteiger partial charge in [0.05, 0.1) is 5.56 Å². The second-order valence-corrected chi connectivity index (χ2v) is 4.47. The van der Waals surface area contributed by atoms with Gasteiger partial charge in [-0.05, 0) is 30.2 Å². The average molecular weight is 268 g/mol. The normalized spacial score (nSPS) is 11.6. The third kappa shape index (κ3) is 3.34. The van der Waals surface area contributed by atoms with Crippen LogP contribution in [0.4, 0.5) is 17.6 Å². The van der Waals surface area contributed by atoms with Crippen LogP contribution < -0.4 is 0 Å². The van der Waals surface area contributed by atoms with E-state index in [2.05, 4.69) is 0 Å². The van der Waals surface area contributed by atoms with Crippen LogP contribution in [0, 0.1) is 12.7 Å². The molecular formula is C15H12F4. The summed E-state index contributed by atoms with van der Waals surface area (Å²) in [4.78, 5) is 0. The molecule has 0 unspecified atom stereocenters. The van der Waals surface area contributed by atoms with Gasteiger partial charge in [0.25, 0.3) is 0 Å². The van der Waals surface area contributed by atoms with Crippen molar-refractivity contribution in [2.75, 3.05) is 0 Å². The minimum Gasteiger partial charge on any atom is -0.207 e. The number of hydrogen-bond acceptors (Lipinski definition) is 0. The monoisotopic (exact) mass is 268 g/mol. The first-order chi connectivity index (χ1) is 8.86. The molecule has 0 aliphatic carbocycles. The Morgan fingerprint density at radius 1 is 0.947 bits per heavy atom. The predicted molar refractivity (Wildman–Crippen MR) is 65.4 cm³/mol. The number of rotatable bonds is 2. The molecule has 0 fully saturated rings. The Kier molecular flexibility index (Phi) is 3.60. The lowest BCUT2D eigenvalue weighted by Gasteiger charge is -2.09. The fourth-order valence-corrected chi connectivity index (χ4v) is 1.79. The van der Waals surface area contributed by atoms with Gasteiger partial charge in [-0.1, -0.05) is 35.9 Å². The van der Waals surface area contributed by atoms with Crippen LogP contribution in [-0.2, 0) is 12.6 Å². The topological polar surface area (TPSA) is 0 Å². The van der Waals surface area contributed by atoms with Gasteiger partial charge in [0, 0.05) is 6.42 Å². The smallest absolute Gasteiger partial charge is 0.207 e. The van der Waals surface area contributed by atoms with Crippen LogP contribution in [0.2, 0.25) is 0 Å². The third-order valence-electron chi connectivity index (χ3n) is 2.90. The molecule has 4 heteroatoms. The van der Waals surface area contributed by atoms with Crippen molar-refractivity contribution in [2.24, 2.45) is 0 Å². The Labute approximate surface area is 108 Å². The van der Waals surface area contributed by atoms with Gasteiger partial charge in [-0.2, -0.15) is 13.2 Å². The SMILES string of the molecule is Cc1ccc(Cc2ccc(C(F)(F)F)cc2F)cc1. The van der Waals surface area contributed by atoms with Gasteiger partial charge in [0.1, 0.15) is 5.82 Å². The van der Waals surface area contributed by atoms with Gasteiger partial charge < -0.3 is 0 Å². The molecule has 2 rings (SSSR count). The van der Waals surface area contributed by atoms with Crippen molar-refractivity contribution < 1.29 is 17.6 Å². The maximum absolute atomic E-state index is 13.6. The molecule has 0 saturated heterocycles. The first-order valence-electron chi connectivity index (χ1n) is 5.77. The maximum atomic E-state index is 13.6. The summed E-state index contributed by atoms with van der Waals surface area (Å²) in [6, 6.07) is 10.1. The molecule has 0 amide bonds. The molecule has 0 aliphatic heterocycles. The largest absolute Gasteiger partial charge is 0.416 e. The predicted octanol–water partition coefficient (Wildman–Crippen LogP) is 4.74. The van der Waals surface area contributed by atoms with Crippen LogP contribution >= 0.6 is 0 Å². The lowest BCUT2D eigenvalue weighted by atomic mass is 10.0. The second-order valence-electron chi connectivity index (χ2n) is 4.47. The van der Waals surface area contributed by atoms with E-state index < -0.39 is 17.6 Å². The third-order valence-corrected chi connectivity index (χ3v) is 2.90. The summed E-state index contributed by atoms with van der Waals surface area (Å²) in [6.45, 7) is 1.93.